The standard InChI is InChI=1S/C23H32N6O3/c1-2-3-4-19-26-21-17-15-16(5-6-18(17)25-23(24)22(21)27-19)29-10-8-28(9-11-29)12-14-32-13-7-20(30)31/h5-6,15H,2-4,7-14H2,1H3,(H2,24,25)(H,26,27)(H,30,31). The normalized spacial score (nSPS) is 15.1. The maximum atomic E-state index is 10.5. The van der Waals surface area contributed by atoms with E-state index in [1.54, 1.807) is 0 Å². The molecule has 0 spiro atoms. The number of pyridine rings is 1. The van der Waals surface area contributed by atoms with Crippen LogP contribution >= 0.6 is 0 Å². The molecule has 3 aromatic rings. The number of nitrogen functional groups attached to an aromatic ring is 1. The first-order valence-electron chi connectivity index (χ1n) is 11.4. The zero-order chi connectivity index (χ0) is 22.5. The van der Waals surface area contributed by atoms with Gasteiger partial charge in [0.05, 0.1) is 25.2 Å². The topological polar surface area (TPSA) is 121 Å². The van der Waals surface area contributed by atoms with Crippen molar-refractivity contribution in [3.63, 3.8) is 0 Å². The summed E-state index contributed by atoms with van der Waals surface area (Å²) in [7, 11) is 0. The van der Waals surface area contributed by atoms with Gasteiger partial charge in [0.15, 0.2) is 0 Å². The molecule has 4 N–H and O–H groups in total. The van der Waals surface area contributed by atoms with Crippen LogP contribution in [0.3, 0.4) is 0 Å². The third-order valence-corrected chi connectivity index (χ3v) is 6.00. The summed E-state index contributed by atoms with van der Waals surface area (Å²) in [6.45, 7) is 7.57. The second-order valence-corrected chi connectivity index (χ2v) is 8.29. The number of carbonyl (C=O) groups is 1. The van der Waals surface area contributed by atoms with E-state index in [0.29, 0.717) is 12.4 Å². The number of aryl methyl sites for hydroxylation is 1. The number of nitrogens with zero attached hydrogens (tertiary/aromatic N) is 4. The monoisotopic (exact) mass is 440 g/mol. The summed E-state index contributed by atoms with van der Waals surface area (Å²) in [6.07, 6.45) is 3.18. The Hall–Kier alpha value is -2.91. The highest BCUT2D eigenvalue weighted by molar-refractivity contribution is 6.07. The molecule has 1 aromatic carbocycles. The Morgan fingerprint density at radius 2 is 2.03 bits per heavy atom. The Balaban J connectivity index is 1.42. The third-order valence-electron chi connectivity index (χ3n) is 6.00. The molecule has 0 aliphatic carbocycles. The quantitative estimate of drug-likeness (QED) is 0.412. The molecule has 1 aliphatic rings. The number of fused-ring (bicyclic) bond motifs is 3. The molecule has 0 unspecified atom stereocenters. The van der Waals surface area contributed by atoms with Crippen molar-refractivity contribution in [1.29, 1.82) is 0 Å². The van der Waals surface area contributed by atoms with Crippen LogP contribution in [0.4, 0.5) is 11.5 Å². The number of hydrogen-bond acceptors (Lipinski definition) is 7. The van der Waals surface area contributed by atoms with Crippen molar-refractivity contribution < 1.29 is 14.6 Å². The Labute approximate surface area is 187 Å². The van der Waals surface area contributed by atoms with E-state index in [9.17, 15) is 4.79 Å². The number of rotatable bonds is 10. The van der Waals surface area contributed by atoms with Crippen molar-refractivity contribution in [1.82, 2.24) is 19.9 Å². The lowest BCUT2D eigenvalue weighted by Crippen LogP contribution is -2.47. The molecule has 0 atom stereocenters. The first kappa shape index (κ1) is 22.3. The van der Waals surface area contributed by atoms with Gasteiger partial charge in [-0.25, -0.2) is 9.97 Å². The zero-order valence-electron chi connectivity index (χ0n) is 18.6. The number of unbranched alkanes of at least 4 members (excludes halogenated alkanes) is 1. The second kappa shape index (κ2) is 10.1. The summed E-state index contributed by atoms with van der Waals surface area (Å²) in [6, 6.07) is 6.32. The molecule has 0 bridgehead atoms. The Bertz CT molecular complexity index is 1070. The third kappa shape index (κ3) is 5.11. The number of aromatic amines is 1. The molecule has 9 nitrogen and oxygen atoms in total. The summed E-state index contributed by atoms with van der Waals surface area (Å²) >= 11 is 0. The molecule has 1 fully saturated rings. The van der Waals surface area contributed by atoms with Gasteiger partial charge in [-0.3, -0.25) is 9.69 Å². The predicted octanol–water partition coefficient (Wildman–Crippen LogP) is 2.65. The van der Waals surface area contributed by atoms with Gasteiger partial charge in [-0.2, -0.15) is 0 Å². The highest BCUT2D eigenvalue weighted by atomic mass is 16.5. The van der Waals surface area contributed by atoms with Crippen molar-refractivity contribution in [3.8, 4) is 0 Å². The van der Waals surface area contributed by atoms with E-state index < -0.39 is 5.97 Å². The van der Waals surface area contributed by atoms with Gasteiger partial charge in [-0.15, -0.1) is 0 Å². The van der Waals surface area contributed by atoms with Gasteiger partial charge in [0.2, 0.25) is 0 Å². The summed E-state index contributed by atoms with van der Waals surface area (Å²) in [5.41, 5.74) is 9.96. The van der Waals surface area contributed by atoms with Crippen LogP contribution in [0.1, 0.15) is 32.0 Å². The molecular formula is C23H32N6O3. The van der Waals surface area contributed by atoms with Crippen LogP contribution < -0.4 is 10.6 Å². The minimum absolute atomic E-state index is 0.0552. The van der Waals surface area contributed by atoms with Crippen LogP contribution in [0.5, 0.6) is 0 Å². The number of imidazole rings is 1. The van der Waals surface area contributed by atoms with E-state index >= 15 is 0 Å². The number of hydrogen-bond donors (Lipinski definition) is 3. The molecule has 9 heteroatoms. The highest BCUT2D eigenvalue weighted by Gasteiger charge is 2.19. The molecule has 0 saturated carbocycles. The zero-order valence-corrected chi connectivity index (χ0v) is 18.6. The average Bonchev–Trinajstić information content (AvgIpc) is 3.23. The molecular weight excluding hydrogens is 408 g/mol. The van der Waals surface area contributed by atoms with Gasteiger partial charge in [0.1, 0.15) is 22.7 Å². The highest BCUT2D eigenvalue weighted by Crippen LogP contribution is 2.30. The smallest absolute Gasteiger partial charge is 0.305 e. The van der Waals surface area contributed by atoms with E-state index in [4.69, 9.17) is 20.6 Å². The summed E-state index contributed by atoms with van der Waals surface area (Å²) < 4.78 is 5.42. The maximum Gasteiger partial charge on any atom is 0.305 e. The van der Waals surface area contributed by atoms with Crippen LogP contribution in [-0.4, -0.2) is 76.9 Å². The van der Waals surface area contributed by atoms with Crippen molar-refractivity contribution in [3.05, 3.63) is 24.0 Å². The molecule has 3 heterocycles. The summed E-state index contributed by atoms with van der Waals surface area (Å²) in [5, 5.41) is 9.69. The lowest BCUT2D eigenvalue weighted by molar-refractivity contribution is -0.138. The number of carboxylic acid groups (broad SMARTS) is 1. The summed E-state index contributed by atoms with van der Waals surface area (Å²) in [4.78, 5) is 28.1. The lowest BCUT2D eigenvalue weighted by Gasteiger charge is -2.36. The van der Waals surface area contributed by atoms with Crippen LogP contribution in [0.15, 0.2) is 18.2 Å². The average molecular weight is 441 g/mol. The molecule has 4 rings (SSSR count). The van der Waals surface area contributed by atoms with Gasteiger partial charge in [0, 0.05) is 50.2 Å². The second-order valence-electron chi connectivity index (χ2n) is 8.29. The molecule has 1 aliphatic heterocycles. The minimum atomic E-state index is -0.823. The fourth-order valence-corrected chi connectivity index (χ4v) is 4.14. The van der Waals surface area contributed by atoms with Gasteiger partial charge < -0.3 is 25.5 Å². The number of carboxylic acids is 1. The van der Waals surface area contributed by atoms with Crippen molar-refractivity contribution >= 4 is 39.4 Å². The van der Waals surface area contributed by atoms with Crippen LogP contribution in [0.25, 0.3) is 21.9 Å². The maximum absolute atomic E-state index is 10.5. The number of nitrogens with two attached hydrogens (primary N) is 1. The van der Waals surface area contributed by atoms with Crippen LogP contribution in [0.2, 0.25) is 0 Å². The van der Waals surface area contributed by atoms with Crippen molar-refractivity contribution in [2.75, 3.05) is 56.6 Å². The number of nitrogens with one attached hydrogen (secondary N) is 1. The number of H-pyrrole nitrogens is 1. The van der Waals surface area contributed by atoms with Crippen LogP contribution in [-0.2, 0) is 16.0 Å². The number of aliphatic carboxylic acids is 1. The molecule has 0 radical (unpaired) electrons. The van der Waals surface area contributed by atoms with Crippen molar-refractivity contribution in [2.45, 2.75) is 32.6 Å². The minimum Gasteiger partial charge on any atom is -0.481 e. The molecule has 32 heavy (non-hydrogen) atoms. The van der Waals surface area contributed by atoms with E-state index in [2.05, 4.69) is 38.8 Å². The fraction of sp³-hybridized carbons (Fsp3) is 0.522. The van der Waals surface area contributed by atoms with Gasteiger partial charge in [-0.05, 0) is 24.6 Å². The SMILES string of the molecule is CCCCc1nc2c([nH]1)c(N)nc1ccc(N3CCN(CCOCCC(=O)O)CC3)cc12. The van der Waals surface area contributed by atoms with E-state index in [0.717, 1.165) is 79.7 Å². The number of benzene rings is 1. The largest absolute Gasteiger partial charge is 0.481 e. The van der Waals surface area contributed by atoms with E-state index in [1.165, 1.54) is 5.69 Å². The van der Waals surface area contributed by atoms with Gasteiger partial charge in [-0.1, -0.05) is 13.3 Å². The van der Waals surface area contributed by atoms with Crippen LogP contribution in [0, 0.1) is 0 Å². The summed E-state index contributed by atoms with van der Waals surface area (Å²) in [5.74, 6) is 0.637. The first-order valence-corrected chi connectivity index (χ1v) is 11.4. The van der Waals surface area contributed by atoms with Gasteiger partial charge in [0.25, 0.3) is 0 Å². The number of aromatic nitrogens is 3. The molecule has 172 valence electrons. The number of piperazine rings is 1. The Kier molecular flexibility index (Phi) is 7.06. The Morgan fingerprint density at radius 3 is 2.78 bits per heavy atom. The molecule has 1 saturated heterocycles. The van der Waals surface area contributed by atoms with Crippen molar-refractivity contribution in [2.24, 2.45) is 0 Å². The van der Waals surface area contributed by atoms with E-state index in [-0.39, 0.29) is 13.0 Å². The Morgan fingerprint density at radius 1 is 1.22 bits per heavy atom. The number of ether oxygens (including phenoxy) is 1. The molecule has 0 amide bonds. The predicted molar refractivity (Wildman–Crippen MR) is 126 cm³/mol. The fourth-order valence-electron chi connectivity index (χ4n) is 4.14. The lowest BCUT2D eigenvalue weighted by atomic mass is 10.1. The first-order chi connectivity index (χ1) is 15.5. The van der Waals surface area contributed by atoms with Gasteiger partial charge >= 0.3 is 5.97 Å². The molecule has 2 aromatic heterocycles. The van der Waals surface area contributed by atoms with E-state index in [1.807, 2.05) is 6.07 Å². The number of anilines is 2.